The van der Waals surface area contributed by atoms with Crippen molar-refractivity contribution in [2.45, 2.75) is 19.9 Å². The Bertz CT molecular complexity index is 378. The van der Waals surface area contributed by atoms with E-state index in [1.165, 1.54) is 0 Å². The summed E-state index contributed by atoms with van der Waals surface area (Å²) in [6.45, 7) is 4.61. The van der Waals surface area contributed by atoms with Crippen molar-refractivity contribution in [2.75, 3.05) is 6.54 Å². The van der Waals surface area contributed by atoms with Crippen molar-refractivity contribution < 1.29 is 5.21 Å². The number of nitrogens with two attached hydrogens (primary N) is 1. The zero-order valence-corrected chi connectivity index (χ0v) is 10.8. The summed E-state index contributed by atoms with van der Waals surface area (Å²) in [5.41, 5.74) is 6.66. The molecule has 0 aliphatic carbocycles. The van der Waals surface area contributed by atoms with Gasteiger partial charge in [0.05, 0.1) is 0 Å². The van der Waals surface area contributed by atoms with Crippen molar-refractivity contribution in [1.29, 1.82) is 0 Å². The van der Waals surface area contributed by atoms with Crippen LogP contribution in [0.5, 0.6) is 0 Å². The summed E-state index contributed by atoms with van der Waals surface area (Å²) < 4.78 is 0. The van der Waals surface area contributed by atoms with E-state index in [0.29, 0.717) is 6.54 Å². The van der Waals surface area contributed by atoms with E-state index in [1.54, 1.807) is 0 Å². The van der Waals surface area contributed by atoms with E-state index in [0.717, 1.165) is 10.6 Å². The van der Waals surface area contributed by atoms with Crippen LogP contribution in [0.3, 0.4) is 0 Å². The molecule has 0 fully saturated rings. The molecule has 0 heterocycles. The molecule has 0 saturated heterocycles. The smallest absolute Gasteiger partial charge is 0.143 e. The van der Waals surface area contributed by atoms with E-state index in [1.807, 2.05) is 31.2 Å². The molecule has 4 nitrogen and oxygen atoms in total. The third-order valence-electron chi connectivity index (χ3n) is 2.72. The molecule has 0 aromatic heterocycles. The lowest BCUT2D eigenvalue weighted by Gasteiger charge is -2.17. The highest BCUT2D eigenvalue weighted by Crippen LogP contribution is 2.16. The standard InChI is InChI=1S/C12H18ClN3O/c1-8(12(14)16-17)7-15-9(2)10-3-5-11(13)6-4-10/h3-6,8-9,15,17H,7H2,1-2H3,(H2,14,16)/t8?,9-/m1/s1. The highest BCUT2D eigenvalue weighted by Gasteiger charge is 2.10. The fraction of sp³-hybridized carbons (Fsp3) is 0.417. The Morgan fingerprint density at radius 2 is 2.00 bits per heavy atom. The Kier molecular flexibility index (Phi) is 5.25. The van der Waals surface area contributed by atoms with Crippen LogP contribution < -0.4 is 11.1 Å². The summed E-state index contributed by atoms with van der Waals surface area (Å²) in [6.07, 6.45) is 0. The Morgan fingerprint density at radius 1 is 1.41 bits per heavy atom. The molecule has 1 aromatic carbocycles. The summed E-state index contributed by atoms with van der Waals surface area (Å²) >= 11 is 5.82. The van der Waals surface area contributed by atoms with Crippen LogP contribution in [-0.4, -0.2) is 17.6 Å². The molecular formula is C12H18ClN3O. The van der Waals surface area contributed by atoms with Crippen molar-refractivity contribution in [1.82, 2.24) is 5.32 Å². The van der Waals surface area contributed by atoms with Gasteiger partial charge in [-0.1, -0.05) is 35.8 Å². The lowest BCUT2D eigenvalue weighted by atomic mass is 10.1. The zero-order chi connectivity index (χ0) is 12.8. The van der Waals surface area contributed by atoms with Crippen molar-refractivity contribution in [3.05, 3.63) is 34.9 Å². The number of rotatable bonds is 5. The third kappa shape index (κ3) is 4.24. The first-order valence-corrected chi connectivity index (χ1v) is 5.88. The predicted molar refractivity (Wildman–Crippen MR) is 70.4 cm³/mol. The molecule has 1 unspecified atom stereocenters. The Morgan fingerprint density at radius 3 is 2.53 bits per heavy atom. The van der Waals surface area contributed by atoms with E-state index in [-0.39, 0.29) is 17.8 Å². The van der Waals surface area contributed by atoms with Crippen molar-refractivity contribution in [3.8, 4) is 0 Å². The number of benzene rings is 1. The van der Waals surface area contributed by atoms with Gasteiger partial charge in [0.25, 0.3) is 0 Å². The van der Waals surface area contributed by atoms with Crippen LogP contribution >= 0.6 is 11.6 Å². The normalized spacial score (nSPS) is 15.6. The zero-order valence-electron chi connectivity index (χ0n) is 10.0. The van der Waals surface area contributed by atoms with E-state index in [4.69, 9.17) is 22.5 Å². The second-order valence-electron chi connectivity index (χ2n) is 4.11. The number of oxime groups is 1. The Labute approximate surface area is 106 Å². The van der Waals surface area contributed by atoms with Gasteiger partial charge in [-0.05, 0) is 24.6 Å². The lowest BCUT2D eigenvalue weighted by Crippen LogP contribution is -2.32. The van der Waals surface area contributed by atoms with Gasteiger partial charge in [0.1, 0.15) is 5.84 Å². The topological polar surface area (TPSA) is 70.6 Å². The maximum absolute atomic E-state index is 8.54. The monoisotopic (exact) mass is 255 g/mol. The van der Waals surface area contributed by atoms with Gasteiger partial charge in [0, 0.05) is 23.5 Å². The first-order valence-electron chi connectivity index (χ1n) is 5.51. The molecule has 4 N–H and O–H groups in total. The maximum atomic E-state index is 8.54. The number of nitrogens with zero attached hydrogens (tertiary/aromatic N) is 1. The van der Waals surface area contributed by atoms with Gasteiger partial charge in [0.15, 0.2) is 0 Å². The van der Waals surface area contributed by atoms with Crippen LogP contribution in [0.25, 0.3) is 0 Å². The Balaban J connectivity index is 2.50. The van der Waals surface area contributed by atoms with Crippen LogP contribution in [0.1, 0.15) is 25.5 Å². The number of nitrogens with one attached hydrogen (secondary N) is 1. The highest BCUT2D eigenvalue weighted by molar-refractivity contribution is 6.30. The van der Waals surface area contributed by atoms with Crippen molar-refractivity contribution in [3.63, 3.8) is 0 Å². The SMILES string of the molecule is CC(CN[C@H](C)c1ccc(Cl)cc1)/C(N)=N/O. The van der Waals surface area contributed by atoms with Gasteiger partial charge < -0.3 is 16.3 Å². The minimum absolute atomic E-state index is 0.00486. The van der Waals surface area contributed by atoms with Gasteiger partial charge in [0.2, 0.25) is 0 Å². The molecule has 94 valence electrons. The molecule has 0 amide bonds. The summed E-state index contributed by atoms with van der Waals surface area (Å²) in [5.74, 6) is 0.232. The van der Waals surface area contributed by atoms with Crippen LogP contribution in [0.15, 0.2) is 29.4 Å². The van der Waals surface area contributed by atoms with Gasteiger partial charge in [-0.25, -0.2) is 0 Å². The minimum Gasteiger partial charge on any atom is -0.409 e. The molecular weight excluding hydrogens is 238 g/mol. The van der Waals surface area contributed by atoms with E-state index in [9.17, 15) is 0 Å². The van der Waals surface area contributed by atoms with Gasteiger partial charge in [-0.15, -0.1) is 0 Å². The van der Waals surface area contributed by atoms with Gasteiger partial charge in [-0.3, -0.25) is 0 Å². The summed E-state index contributed by atoms with van der Waals surface area (Å²) in [7, 11) is 0. The number of amidine groups is 1. The fourth-order valence-electron chi connectivity index (χ4n) is 1.43. The average molecular weight is 256 g/mol. The highest BCUT2D eigenvalue weighted by atomic mass is 35.5. The maximum Gasteiger partial charge on any atom is 0.143 e. The van der Waals surface area contributed by atoms with Gasteiger partial charge >= 0.3 is 0 Å². The summed E-state index contributed by atoms with van der Waals surface area (Å²) in [5, 5.41) is 15.6. The molecule has 0 bridgehead atoms. The molecule has 17 heavy (non-hydrogen) atoms. The molecule has 0 radical (unpaired) electrons. The fourth-order valence-corrected chi connectivity index (χ4v) is 1.55. The first-order chi connectivity index (χ1) is 8.04. The lowest BCUT2D eigenvalue weighted by molar-refractivity contribution is 0.313. The van der Waals surface area contributed by atoms with E-state index in [2.05, 4.69) is 17.4 Å². The molecule has 1 rings (SSSR count). The van der Waals surface area contributed by atoms with Crippen LogP contribution in [0.2, 0.25) is 5.02 Å². The van der Waals surface area contributed by atoms with E-state index >= 15 is 0 Å². The van der Waals surface area contributed by atoms with Crippen LogP contribution in [-0.2, 0) is 0 Å². The largest absolute Gasteiger partial charge is 0.409 e. The number of hydrogen-bond donors (Lipinski definition) is 3. The minimum atomic E-state index is -0.00486. The van der Waals surface area contributed by atoms with E-state index < -0.39 is 0 Å². The molecule has 0 aliphatic rings. The molecule has 0 aliphatic heterocycles. The van der Waals surface area contributed by atoms with Crippen LogP contribution in [0, 0.1) is 5.92 Å². The number of halogens is 1. The van der Waals surface area contributed by atoms with Gasteiger partial charge in [-0.2, -0.15) is 0 Å². The predicted octanol–water partition coefficient (Wildman–Crippen LogP) is 2.37. The molecule has 0 spiro atoms. The third-order valence-corrected chi connectivity index (χ3v) is 2.97. The average Bonchev–Trinajstić information content (AvgIpc) is 2.35. The second kappa shape index (κ2) is 6.47. The second-order valence-corrected chi connectivity index (χ2v) is 4.54. The van der Waals surface area contributed by atoms with Crippen molar-refractivity contribution >= 4 is 17.4 Å². The summed E-state index contributed by atoms with van der Waals surface area (Å²) in [4.78, 5) is 0. The molecule has 1 aromatic rings. The first kappa shape index (κ1) is 13.8. The Hall–Kier alpha value is -1.26. The van der Waals surface area contributed by atoms with Crippen molar-refractivity contribution in [2.24, 2.45) is 16.8 Å². The molecule has 5 heteroatoms. The van der Waals surface area contributed by atoms with Crippen LogP contribution in [0.4, 0.5) is 0 Å². The quantitative estimate of drug-likeness (QED) is 0.327. The molecule has 0 saturated carbocycles. The summed E-state index contributed by atoms with van der Waals surface area (Å²) in [6, 6.07) is 7.88. The molecule has 2 atom stereocenters. The number of hydrogen-bond acceptors (Lipinski definition) is 3.